The third kappa shape index (κ3) is 3.25. The summed E-state index contributed by atoms with van der Waals surface area (Å²) in [4.78, 5) is 11.1. The lowest BCUT2D eigenvalue weighted by atomic mass is 10.1. The minimum absolute atomic E-state index is 0.0276. The second-order valence-corrected chi connectivity index (χ2v) is 4.38. The molecule has 0 radical (unpaired) electrons. The maximum atomic E-state index is 11.1. The zero-order valence-electron chi connectivity index (χ0n) is 10.6. The Bertz CT molecular complexity index is 566. The van der Waals surface area contributed by atoms with E-state index in [1.54, 1.807) is 23.0 Å². The number of hydrogen-bond donors (Lipinski definition) is 3. The first-order chi connectivity index (χ1) is 9.06. The van der Waals surface area contributed by atoms with Gasteiger partial charge in [0.1, 0.15) is 0 Å². The number of hydrogen-bond acceptors (Lipinski definition) is 4. The number of aromatic carboxylic acids is 1. The van der Waals surface area contributed by atoms with E-state index >= 15 is 0 Å². The summed E-state index contributed by atoms with van der Waals surface area (Å²) in [5.41, 5.74) is 6.95. The van der Waals surface area contributed by atoms with Crippen molar-refractivity contribution < 1.29 is 9.90 Å². The monoisotopic (exact) mass is 260 g/mol. The molecule has 100 valence electrons. The molecule has 0 saturated heterocycles. The summed E-state index contributed by atoms with van der Waals surface area (Å²) in [5, 5.41) is 16.4. The summed E-state index contributed by atoms with van der Waals surface area (Å²) in [7, 11) is 0. The van der Waals surface area contributed by atoms with Gasteiger partial charge in [0.15, 0.2) is 0 Å². The van der Waals surface area contributed by atoms with Crippen molar-refractivity contribution in [3.8, 4) is 0 Å². The second-order valence-electron chi connectivity index (χ2n) is 4.38. The van der Waals surface area contributed by atoms with E-state index in [4.69, 9.17) is 10.8 Å². The zero-order valence-corrected chi connectivity index (χ0v) is 10.6. The van der Waals surface area contributed by atoms with Gasteiger partial charge < -0.3 is 16.2 Å². The number of nitrogens with two attached hydrogens (primary N) is 1. The third-order valence-electron chi connectivity index (χ3n) is 2.70. The zero-order chi connectivity index (χ0) is 13.8. The van der Waals surface area contributed by atoms with Crippen LogP contribution in [0.15, 0.2) is 36.7 Å². The number of benzene rings is 1. The number of rotatable bonds is 5. The summed E-state index contributed by atoms with van der Waals surface area (Å²) in [6, 6.07) is 6.58. The molecule has 1 unspecified atom stereocenters. The normalized spacial score (nSPS) is 12.1. The summed E-state index contributed by atoms with van der Waals surface area (Å²) in [5.74, 6) is -0.978. The number of aromatic nitrogens is 2. The van der Waals surface area contributed by atoms with Crippen molar-refractivity contribution in [2.24, 2.45) is 0 Å². The molecule has 6 heteroatoms. The highest BCUT2D eigenvalue weighted by Gasteiger charge is 2.12. The molecule has 0 aliphatic carbocycles. The highest BCUT2D eigenvalue weighted by Crippen LogP contribution is 2.20. The number of nitrogens with zero attached hydrogens (tertiary/aromatic N) is 2. The Balaban J connectivity index is 2.13. The Morgan fingerprint density at radius 2 is 2.37 bits per heavy atom. The molecule has 0 spiro atoms. The van der Waals surface area contributed by atoms with Gasteiger partial charge in [-0.3, -0.25) is 4.68 Å². The van der Waals surface area contributed by atoms with E-state index in [9.17, 15) is 4.79 Å². The van der Waals surface area contributed by atoms with Crippen LogP contribution in [0.4, 0.5) is 11.4 Å². The lowest BCUT2D eigenvalue weighted by Crippen LogP contribution is -2.23. The predicted molar refractivity (Wildman–Crippen MR) is 73.1 cm³/mol. The molecule has 4 N–H and O–H groups in total. The van der Waals surface area contributed by atoms with Crippen LogP contribution >= 0.6 is 0 Å². The second kappa shape index (κ2) is 5.43. The van der Waals surface area contributed by atoms with Crippen LogP contribution in [-0.2, 0) is 6.54 Å². The Labute approximate surface area is 110 Å². The molecule has 0 aliphatic rings. The van der Waals surface area contributed by atoms with Crippen LogP contribution in [0.25, 0.3) is 0 Å². The smallest absolute Gasteiger partial charge is 0.337 e. The molecule has 0 fully saturated rings. The molecule has 1 aromatic heterocycles. The molecule has 0 saturated carbocycles. The highest BCUT2D eigenvalue weighted by molar-refractivity contribution is 5.95. The summed E-state index contributed by atoms with van der Waals surface area (Å²) in [6.45, 7) is 2.59. The fourth-order valence-corrected chi connectivity index (χ4v) is 1.87. The van der Waals surface area contributed by atoms with Gasteiger partial charge in [-0.1, -0.05) is 0 Å². The summed E-state index contributed by atoms with van der Waals surface area (Å²) in [6.07, 6.45) is 3.56. The first-order valence-corrected chi connectivity index (χ1v) is 5.93. The molecule has 1 atom stereocenters. The number of nitrogens with one attached hydrogen (secondary N) is 1. The van der Waals surface area contributed by atoms with Gasteiger partial charge in [-0.2, -0.15) is 5.10 Å². The molecule has 0 bridgehead atoms. The maximum absolute atomic E-state index is 11.1. The number of carboxylic acid groups (broad SMARTS) is 1. The molecule has 2 rings (SSSR count). The molecular weight excluding hydrogens is 244 g/mol. The molecule has 0 amide bonds. The highest BCUT2D eigenvalue weighted by atomic mass is 16.4. The quantitative estimate of drug-likeness (QED) is 0.711. The van der Waals surface area contributed by atoms with Gasteiger partial charge in [0, 0.05) is 24.1 Å². The lowest BCUT2D eigenvalue weighted by Gasteiger charge is -2.17. The summed E-state index contributed by atoms with van der Waals surface area (Å²) < 4.78 is 1.78. The molecule has 2 aromatic rings. The van der Waals surface area contributed by atoms with Crippen molar-refractivity contribution in [1.82, 2.24) is 9.78 Å². The van der Waals surface area contributed by atoms with E-state index < -0.39 is 5.97 Å². The van der Waals surface area contributed by atoms with Crippen molar-refractivity contribution in [3.63, 3.8) is 0 Å². The topological polar surface area (TPSA) is 93.2 Å². The van der Waals surface area contributed by atoms with Gasteiger partial charge in [0.05, 0.1) is 17.8 Å². The Morgan fingerprint density at radius 3 is 3.00 bits per heavy atom. The fourth-order valence-electron chi connectivity index (χ4n) is 1.87. The average Bonchev–Trinajstić information content (AvgIpc) is 2.81. The lowest BCUT2D eigenvalue weighted by molar-refractivity contribution is 0.0698. The van der Waals surface area contributed by atoms with Crippen molar-refractivity contribution in [2.75, 3.05) is 11.1 Å². The molecule has 6 nitrogen and oxygen atoms in total. The summed E-state index contributed by atoms with van der Waals surface area (Å²) >= 11 is 0. The van der Waals surface area contributed by atoms with Gasteiger partial charge >= 0.3 is 5.97 Å². The van der Waals surface area contributed by atoms with Crippen LogP contribution in [0, 0.1) is 0 Å². The molecule has 1 aromatic carbocycles. The maximum Gasteiger partial charge on any atom is 0.337 e. The number of carbonyl (C=O) groups is 1. The minimum atomic E-state index is -0.978. The SMILES string of the molecule is CC(Cn1cccn1)Nc1cc(N)ccc1C(=O)O. The van der Waals surface area contributed by atoms with Crippen LogP contribution in [0.5, 0.6) is 0 Å². The molecule has 0 aliphatic heterocycles. The molecule has 19 heavy (non-hydrogen) atoms. The average molecular weight is 260 g/mol. The first-order valence-electron chi connectivity index (χ1n) is 5.93. The van der Waals surface area contributed by atoms with Crippen LogP contribution in [0.3, 0.4) is 0 Å². The first kappa shape index (κ1) is 12.9. The largest absolute Gasteiger partial charge is 0.478 e. The van der Waals surface area contributed by atoms with Crippen LogP contribution < -0.4 is 11.1 Å². The van der Waals surface area contributed by atoms with Gasteiger partial charge in [-0.15, -0.1) is 0 Å². The van der Waals surface area contributed by atoms with E-state index in [1.165, 1.54) is 6.07 Å². The van der Waals surface area contributed by atoms with E-state index in [-0.39, 0.29) is 11.6 Å². The van der Waals surface area contributed by atoms with Crippen LogP contribution in [-0.4, -0.2) is 26.9 Å². The van der Waals surface area contributed by atoms with E-state index in [2.05, 4.69) is 10.4 Å². The van der Waals surface area contributed by atoms with Gasteiger partial charge in [-0.25, -0.2) is 4.79 Å². The third-order valence-corrected chi connectivity index (χ3v) is 2.70. The van der Waals surface area contributed by atoms with E-state index in [0.717, 1.165) is 0 Å². The Kier molecular flexibility index (Phi) is 3.70. The van der Waals surface area contributed by atoms with Crippen LogP contribution in [0.2, 0.25) is 0 Å². The number of anilines is 2. The number of carboxylic acids is 1. The van der Waals surface area contributed by atoms with Crippen molar-refractivity contribution in [1.29, 1.82) is 0 Å². The minimum Gasteiger partial charge on any atom is -0.478 e. The Morgan fingerprint density at radius 1 is 1.58 bits per heavy atom. The Hall–Kier alpha value is -2.50. The molecular formula is C13H16N4O2. The standard InChI is InChI=1S/C13H16N4O2/c1-9(8-17-6-2-5-15-17)16-12-7-10(14)3-4-11(12)13(18)19/h2-7,9,16H,8,14H2,1H3,(H,18,19). The van der Waals surface area contributed by atoms with Crippen LogP contribution in [0.1, 0.15) is 17.3 Å². The van der Waals surface area contributed by atoms with Gasteiger partial charge in [0.2, 0.25) is 0 Å². The predicted octanol–water partition coefficient (Wildman–Crippen LogP) is 1.66. The number of nitrogen functional groups attached to an aromatic ring is 1. The van der Waals surface area contributed by atoms with Crippen molar-refractivity contribution >= 4 is 17.3 Å². The molecule has 1 heterocycles. The fraction of sp³-hybridized carbons (Fsp3) is 0.231. The van der Waals surface area contributed by atoms with E-state index in [0.29, 0.717) is 17.9 Å². The van der Waals surface area contributed by atoms with Crippen molar-refractivity contribution in [3.05, 3.63) is 42.2 Å². The van der Waals surface area contributed by atoms with Gasteiger partial charge in [-0.05, 0) is 31.2 Å². The van der Waals surface area contributed by atoms with Crippen molar-refractivity contribution in [2.45, 2.75) is 19.5 Å². The van der Waals surface area contributed by atoms with E-state index in [1.807, 2.05) is 19.2 Å². The van der Waals surface area contributed by atoms with Gasteiger partial charge in [0.25, 0.3) is 0 Å².